The van der Waals surface area contributed by atoms with Crippen LogP contribution in [-0.4, -0.2) is 27.8 Å². The van der Waals surface area contributed by atoms with Gasteiger partial charge in [0.2, 0.25) is 0 Å². The lowest BCUT2D eigenvalue weighted by atomic mass is 10.0. The summed E-state index contributed by atoms with van der Waals surface area (Å²) in [6.45, 7) is 0. The zero-order valence-electron chi connectivity index (χ0n) is 16.1. The van der Waals surface area contributed by atoms with E-state index >= 15 is 0 Å². The van der Waals surface area contributed by atoms with Gasteiger partial charge in [-0.1, -0.05) is 47.5 Å². The maximum absolute atomic E-state index is 12.7. The number of hydrogen-bond donors (Lipinski definition) is 0. The highest BCUT2D eigenvalue weighted by Crippen LogP contribution is 2.44. The molecule has 0 amide bonds. The van der Waals surface area contributed by atoms with Gasteiger partial charge in [0.05, 0.1) is 45.2 Å². The summed E-state index contributed by atoms with van der Waals surface area (Å²) in [7, 11) is 1.38. The number of fused-ring (bicyclic) bond motifs is 1. The lowest BCUT2D eigenvalue weighted by molar-refractivity contribution is 0.0603. The van der Waals surface area contributed by atoms with Crippen LogP contribution >= 0.6 is 23.2 Å². The Bertz CT molecular complexity index is 1280. The highest BCUT2D eigenvalue weighted by molar-refractivity contribution is 6.42. The molecule has 0 saturated heterocycles. The molecule has 0 bridgehead atoms. The van der Waals surface area contributed by atoms with Gasteiger partial charge < -0.3 is 4.74 Å². The summed E-state index contributed by atoms with van der Waals surface area (Å²) in [6.07, 6.45) is 2.10. The molecule has 7 heteroatoms. The van der Waals surface area contributed by atoms with E-state index in [0.29, 0.717) is 32.9 Å². The van der Waals surface area contributed by atoms with Crippen molar-refractivity contribution in [3.05, 3.63) is 75.9 Å². The van der Waals surface area contributed by atoms with Gasteiger partial charge in [0, 0.05) is 11.5 Å². The Morgan fingerprint density at radius 3 is 2.50 bits per heavy atom. The van der Waals surface area contributed by atoms with Crippen LogP contribution in [0.1, 0.15) is 34.8 Å². The van der Waals surface area contributed by atoms with Crippen LogP contribution in [0.4, 0.5) is 0 Å². The minimum atomic E-state index is -0.418. The monoisotopic (exact) mass is 437 g/mol. The molecule has 1 aliphatic rings. The summed E-state index contributed by atoms with van der Waals surface area (Å²) >= 11 is 12.3. The molecule has 5 rings (SSSR count). The second-order valence-corrected chi connectivity index (χ2v) is 8.10. The molecule has 1 saturated carbocycles. The molecule has 2 aromatic heterocycles. The Kier molecular flexibility index (Phi) is 4.72. The molecule has 0 unspecified atom stereocenters. The topological polar surface area (TPSA) is 57.0 Å². The zero-order valence-corrected chi connectivity index (χ0v) is 17.6. The van der Waals surface area contributed by atoms with Gasteiger partial charge in [0.15, 0.2) is 5.65 Å². The van der Waals surface area contributed by atoms with E-state index in [0.717, 1.165) is 35.2 Å². The Balaban J connectivity index is 1.83. The van der Waals surface area contributed by atoms with Crippen LogP contribution in [0.5, 0.6) is 0 Å². The van der Waals surface area contributed by atoms with Gasteiger partial charge >= 0.3 is 5.97 Å². The van der Waals surface area contributed by atoms with Gasteiger partial charge in [0.1, 0.15) is 0 Å². The van der Waals surface area contributed by atoms with Crippen LogP contribution in [0.15, 0.2) is 54.6 Å². The van der Waals surface area contributed by atoms with E-state index in [2.05, 4.69) is 0 Å². The number of aromatic nitrogens is 3. The van der Waals surface area contributed by atoms with Crippen molar-refractivity contribution < 1.29 is 9.53 Å². The van der Waals surface area contributed by atoms with E-state index in [1.807, 2.05) is 36.4 Å². The number of hydrogen-bond acceptors (Lipinski definition) is 4. The van der Waals surface area contributed by atoms with E-state index < -0.39 is 5.97 Å². The fourth-order valence-electron chi connectivity index (χ4n) is 3.61. The third-order valence-electron chi connectivity index (χ3n) is 5.25. The molecule has 0 atom stereocenters. The summed E-state index contributed by atoms with van der Waals surface area (Å²) < 4.78 is 6.90. The van der Waals surface area contributed by atoms with Gasteiger partial charge in [-0.2, -0.15) is 5.10 Å². The minimum Gasteiger partial charge on any atom is -0.465 e. The quantitative estimate of drug-likeness (QED) is 0.364. The summed E-state index contributed by atoms with van der Waals surface area (Å²) in [5, 5.41) is 6.49. The molecule has 0 N–H and O–H groups in total. The van der Waals surface area contributed by atoms with Crippen molar-refractivity contribution in [3.63, 3.8) is 0 Å². The van der Waals surface area contributed by atoms with Crippen LogP contribution in [0.2, 0.25) is 10.0 Å². The van der Waals surface area contributed by atoms with E-state index in [1.165, 1.54) is 7.11 Å². The van der Waals surface area contributed by atoms with Crippen molar-refractivity contribution in [3.8, 4) is 16.9 Å². The molecule has 0 spiro atoms. The number of benzene rings is 2. The largest absolute Gasteiger partial charge is 0.465 e. The lowest BCUT2D eigenvalue weighted by Crippen LogP contribution is -2.05. The predicted molar refractivity (Wildman–Crippen MR) is 118 cm³/mol. The fraction of sp³-hybridized carbons (Fsp3) is 0.174. The average molecular weight is 438 g/mol. The highest BCUT2D eigenvalue weighted by Gasteiger charge is 2.33. The first kappa shape index (κ1) is 19.1. The van der Waals surface area contributed by atoms with Crippen molar-refractivity contribution in [2.24, 2.45) is 0 Å². The van der Waals surface area contributed by atoms with Crippen molar-refractivity contribution in [2.45, 2.75) is 18.8 Å². The number of esters is 1. The van der Waals surface area contributed by atoms with E-state index in [9.17, 15) is 4.79 Å². The highest BCUT2D eigenvalue weighted by atomic mass is 35.5. The Hall–Kier alpha value is -2.89. The number of nitrogens with zero attached hydrogens (tertiary/aromatic N) is 3. The average Bonchev–Trinajstić information content (AvgIpc) is 3.55. The molecule has 1 fully saturated rings. The van der Waals surface area contributed by atoms with Gasteiger partial charge in [-0.05, 0) is 43.2 Å². The smallest absolute Gasteiger partial charge is 0.338 e. The normalized spacial score (nSPS) is 13.6. The third-order valence-corrected chi connectivity index (χ3v) is 5.99. The van der Waals surface area contributed by atoms with E-state index in [4.69, 9.17) is 38.0 Å². The summed E-state index contributed by atoms with van der Waals surface area (Å²) in [5.41, 5.74) is 4.19. The first-order valence-electron chi connectivity index (χ1n) is 9.59. The summed E-state index contributed by atoms with van der Waals surface area (Å²) in [6, 6.07) is 16.8. The van der Waals surface area contributed by atoms with Crippen LogP contribution in [0, 0.1) is 0 Å². The Morgan fingerprint density at radius 1 is 1.07 bits per heavy atom. The Morgan fingerprint density at radius 2 is 1.83 bits per heavy atom. The van der Waals surface area contributed by atoms with Gasteiger partial charge in [-0.25, -0.2) is 14.5 Å². The fourth-order valence-corrected chi connectivity index (χ4v) is 3.91. The van der Waals surface area contributed by atoms with Crippen molar-refractivity contribution in [1.82, 2.24) is 14.8 Å². The molecule has 4 aromatic rings. The molecule has 2 aromatic carbocycles. The molecule has 5 nitrogen and oxygen atoms in total. The number of halogens is 2. The molecule has 1 aliphatic carbocycles. The molecule has 2 heterocycles. The number of para-hydroxylation sites is 1. The van der Waals surface area contributed by atoms with E-state index in [-0.39, 0.29) is 0 Å². The van der Waals surface area contributed by atoms with Crippen molar-refractivity contribution in [1.29, 1.82) is 0 Å². The summed E-state index contributed by atoms with van der Waals surface area (Å²) in [5.74, 6) is -0.0864. The van der Waals surface area contributed by atoms with E-state index in [1.54, 1.807) is 22.9 Å². The molecular formula is C23H17Cl2N3O2. The van der Waals surface area contributed by atoms with Crippen LogP contribution < -0.4 is 0 Å². The second kappa shape index (κ2) is 7.42. The predicted octanol–water partition coefficient (Wildman–Crippen LogP) is 6.06. The van der Waals surface area contributed by atoms with Gasteiger partial charge in [0.25, 0.3) is 0 Å². The third kappa shape index (κ3) is 3.24. The van der Waals surface area contributed by atoms with Crippen molar-refractivity contribution in [2.75, 3.05) is 7.11 Å². The molecule has 0 aliphatic heterocycles. The first-order chi connectivity index (χ1) is 14.6. The van der Waals surface area contributed by atoms with Crippen molar-refractivity contribution >= 4 is 40.2 Å². The van der Waals surface area contributed by atoms with Crippen LogP contribution in [0.3, 0.4) is 0 Å². The van der Waals surface area contributed by atoms with Gasteiger partial charge in [-0.15, -0.1) is 0 Å². The standard InChI is InChI=1S/C23H17Cl2N3O2/c1-30-23(29)16-12-19(14-9-10-17(24)18(25)11-14)26-22-20(16)21(13-7-8-13)27-28(22)15-5-3-2-4-6-15/h2-6,9-13H,7-8H2,1H3. The molecule has 30 heavy (non-hydrogen) atoms. The first-order valence-corrected chi connectivity index (χ1v) is 10.3. The zero-order chi connectivity index (χ0) is 20.8. The maximum Gasteiger partial charge on any atom is 0.338 e. The second-order valence-electron chi connectivity index (χ2n) is 7.28. The maximum atomic E-state index is 12.7. The number of carbonyl (C=O) groups excluding carboxylic acids is 1. The number of carbonyl (C=O) groups is 1. The Labute approximate surface area is 183 Å². The lowest BCUT2D eigenvalue weighted by Gasteiger charge is -2.09. The molecule has 0 radical (unpaired) electrons. The minimum absolute atomic E-state index is 0.332. The number of ether oxygens (including phenoxy) is 1. The number of methoxy groups -OCH3 is 1. The molecular weight excluding hydrogens is 421 g/mol. The SMILES string of the molecule is COC(=O)c1cc(-c2ccc(Cl)c(Cl)c2)nc2c1c(C1CC1)nn2-c1ccccc1. The van der Waals surface area contributed by atoms with Gasteiger partial charge in [-0.3, -0.25) is 0 Å². The summed E-state index contributed by atoms with van der Waals surface area (Å²) in [4.78, 5) is 17.6. The van der Waals surface area contributed by atoms with Crippen LogP contribution in [-0.2, 0) is 4.74 Å². The molecule has 150 valence electrons. The van der Waals surface area contributed by atoms with Crippen LogP contribution in [0.25, 0.3) is 28.0 Å². The number of rotatable bonds is 4. The number of pyridine rings is 1.